The van der Waals surface area contributed by atoms with E-state index in [1.807, 2.05) is 4.90 Å². The summed E-state index contributed by atoms with van der Waals surface area (Å²) in [5.74, 6) is -0.913. The van der Waals surface area contributed by atoms with Crippen molar-refractivity contribution in [1.82, 2.24) is 9.80 Å². The van der Waals surface area contributed by atoms with Crippen LogP contribution in [0.25, 0.3) is 0 Å². The van der Waals surface area contributed by atoms with Gasteiger partial charge in [0, 0.05) is 19.6 Å². The standard InChI is InChI=1S/C20H24N6O3/c21-9-12-4-3-7-25(12)19(28)15(22)11-24-10-13-8-17(24)20(29)26(13)16-6-2-1-5-14(16)18(23)27/h1-2,5-6,12-13,15,17H,3-4,7-8,10-11,22H2,(H2,23,27)/t12-,13?,15-,17-/m0/s1. The minimum absolute atomic E-state index is 0.0889. The summed E-state index contributed by atoms with van der Waals surface area (Å²) in [6, 6.07) is 7.34. The molecule has 3 fully saturated rings. The van der Waals surface area contributed by atoms with E-state index in [1.54, 1.807) is 34.1 Å². The summed E-state index contributed by atoms with van der Waals surface area (Å²) in [6.07, 6.45) is 2.10. The first kappa shape index (κ1) is 19.4. The van der Waals surface area contributed by atoms with Gasteiger partial charge in [-0.1, -0.05) is 12.1 Å². The fourth-order valence-electron chi connectivity index (χ4n) is 4.78. The first-order chi connectivity index (χ1) is 13.9. The molecule has 152 valence electrons. The number of amides is 3. The summed E-state index contributed by atoms with van der Waals surface area (Å²) in [4.78, 5) is 42.6. The quantitative estimate of drug-likeness (QED) is 0.683. The van der Waals surface area contributed by atoms with Gasteiger partial charge in [0.2, 0.25) is 11.8 Å². The average Bonchev–Trinajstić information content (AvgIpc) is 3.41. The third-order valence-corrected chi connectivity index (χ3v) is 6.13. The summed E-state index contributed by atoms with van der Waals surface area (Å²) in [5, 5.41) is 9.19. The molecule has 0 aromatic heterocycles. The molecule has 9 nitrogen and oxygen atoms in total. The van der Waals surface area contributed by atoms with Crippen molar-refractivity contribution in [2.75, 3.05) is 24.5 Å². The molecular weight excluding hydrogens is 372 g/mol. The Bertz CT molecular complexity index is 896. The molecule has 3 aliphatic rings. The van der Waals surface area contributed by atoms with E-state index in [0.29, 0.717) is 37.2 Å². The van der Waals surface area contributed by atoms with Crippen LogP contribution in [0.3, 0.4) is 0 Å². The van der Waals surface area contributed by atoms with Crippen molar-refractivity contribution in [2.24, 2.45) is 11.5 Å². The number of hydrogen-bond acceptors (Lipinski definition) is 6. The summed E-state index contributed by atoms with van der Waals surface area (Å²) in [6.45, 7) is 1.39. The molecule has 0 saturated carbocycles. The molecule has 0 spiro atoms. The molecule has 3 amide bonds. The Balaban J connectivity index is 1.45. The van der Waals surface area contributed by atoms with Crippen LogP contribution in [0, 0.1) is 11.3 Å². The van der Waals surface area contributed by atoms with Crippen LogP contribution >= 0.6 is 0 Å². The molecule has 4 atom stereocenters. The highest BCUT2D eigenvalue weighted by Gasteiger charge is 2.51. The molecule has 4 rings (SSSR count). The van der Waals surface area contributed by atoms with Crippen molar-refractivity contribution in [2.45, 2.75) is 43.4 Å². The summed E-state index contributed by atoms with van der Waals surface area (Å²) >= 11 is 0. The number of hydrogen-bond donors (Lipinski definition) is 2. The number of rotatable bonds is 5. The van der Waals surface area contributed by atoms with Gasteiger partial charge in [0.15, 0.2) is 0 Å². The first-order valence-electron chi connectivity index (χ1n) is 9.84. The predicted octanol–water partition coefficient (Wildman–Crippen LogP) is -0.583. The molecule has 3 heterocycles. The van der Waals surface area contributed by atoms with E-state index in [2.05, 4.69) is 6.07 Å². The topological polar surface area (TPSA) is 137 Å². The zero-order chi connectivity index (χ0) is 20.7. The minimum Gasteiger partial charge on any atom is -0.366 e. The Kier molecular flexibility index (Phi) is 4.98. The monoisotopic (exact) mass is 396 g/mol. The molecule has 0 radical (unpaired) electrons. The SMILES string of the molecule is N#C[C@@H]1CCCN1C(=O)[C@@H](N)CN1CC2C[C@H]1C(=O)N2c1ccccc1C(N)=O. The summed E-state index contributed by atoms with van der Waals surface area (Å²) in [7, 11) is 0. The van der Waals surface area contributed by atoms with E-state index in [-0.39, 0.29) is 30.4 Å². The second-order valence-corrected chi connectivity index (χ2v) is 7.87. The Hall–Kier alpha value is -2.96. The van der Waals surface area contributed by atoms with Gasteiger partial charge in [-0.25, -0.2) is 0 Å². The fraction of sp³-hybridized carbons (Fsp3) is 0.500. The number of nitriles is 1. The number of fused-ring (bicyclic) bond motifs is 2. The van der Waals surface area contributed by atoms with E-state index >= 15 is 0 Å². The van der Waals surface area contributed by atoms with E-state index < -0.39 is 18.0 Å². The van der Waals surface area contributed by atoms with Crippen molar-refractivity contribution >= 4 is 23.4 Å². The van der Waals surface area contributed by atoms with Gasteiger partial charge in [-0.05, 0) is 31.4 Å². The zero-order valence-electron chi connectivity index (χ0n) is 16.0. The normalized spacial score (nSPS) is 27.3. The molecule has 9 heteroatoms. The maximum absolute atomic E-state index is 13.0. The second-order valence-electron chi connectivity index (χ2n) is 7.87. The molecule has 4 N–H and O–H groups in total. The van der Waals surface area contributed by atoms with Crippen molar-refractivity contribution < 1.29 is 14.4 Å². The van der Waals surface area contributed by atoms with Crippen molar-refractivity contribution in [1.29, 1.82) is 5.26 Å². The van der Waals surface area contributed by atoms with Gasteiger partial charge in [-0.15, -0.1) is 0 Å². The van der Waals surface area contributed by atoms with Crippen molar-refractivity contribution in [3.8, 4) is 6.07 Å². The van der Waals surface area contributed by atoms with Crippen LogP contribution in [-0.4, -0.2) is 71.3 Å². The lowest BCUT2D eigenvalue weighted by Gasteiger charge is -2.36. The number of nitrogens with zero attached hydrogens (tertiary/aromatic N) is 4. The maximum atomic E-state index is 13.0. The Morgan fingerprint density at radius 3 is 2.76 bits per heavy atom. The van der Waals surface area contributed by atoms with E-state index in [1.165, 1.54) is 0 Å². The number of likely N-dealkylation sites (tertiary alicyclic amines) is 2. The van der Waals surface area contributed by atoms with Crippen LogP contribution in [0.4, 0.5) is 5.69 Å². The number of carbonyl (C=O) groups is 3. The van der Waals surface area contributed by atoms with Gasteiger partial charge in [-0.2, -0.15) is 5.26 Å². The molecular formula is C20H24N6O3. The van der Waals surface area contributed by atoms with Gasteiger partial charge in [0.25, 0.3) is 5.91 Å². The number of anilines is 1. The molecule has 1 aromatic carbocycles. The van der Waals surface area contributed by atoms with Crippen LogP contribution in [0.15, 0.2) is 24.3 Å². The van der Waals surface area contributed by atoms with Crippen LogP contribution in [0.2, 0.25) is 0 Å². The predicted molar refractivity (Wildman–Crippen MR) is 105 cm³/mol. The number of primary amides is 1. The number of benzene rings is 1. The smallest absolute Gasteiger partial charge is 0.250 e. The average molecular weight is 396 g/mol. The van der Waals surface area contributed by atoms with Gasteiger partial charge in [-0.3, -0.25) is 19.3 Å². The van der Waals surface area contributed by atoms with Gasteiger partial charge in [0.05, 0.1) is 35.4 Å². The molecule has 3 saturated heterocycles. The third kappa shape index (κ3) is 3.24. The van der Waals surface area contributed by atoms with Crippen LogP contribution in [-0.2, 0) is 9.59 Å². The molecule has 2 bridgehead atoms. The summed E-state index contributed by atoms with van der Waals surface area (Å²) in [5.41, 5.74) is 12.5. The Morgan fingerprint density at radius 2 is 2.07 bits per heavy atom. The number of para-hydroxylation sites is 1. The van der Waals surface area contributed by atoms with Gasteiger partial charge < -0.3 is 21.3 Å². The lowest BCUT2D eigenvalue weighted by molar-refractivity contribution is -0.134. The number of piperazine rings is 1. The highest BCUT2D eigenvalue weighted by Crippen LogP contribution is 2.37. The second kappa shape index (κ2) is 7.46. The van der Waals surface area contributed by atoms with E-state index in [0.717, 1.165) is 6.42 Å². The van der Waals surface area contributed by atoms with E-state index in [9.17, 15) is 19.6 Å². The van der Waals surface area contributed by atoms with Gasteiger partial charge in [0.1, 0.15) is 6.04 Å². The molecule has 29 heavy (non-hydrogen) atoms. The highest BCUT2D eigenvalue weighted by molar-refractivity contribution is 6.07. The lowest BCUT2D eigenvalue weighted by atomic mass is 10.1. The largest absolute Gasteiger partial charge is 0.366 e. The Labute approximate surface area is 168 Å². The van der Waals surface area contributed by atoms with E-state index in [4.69, 9.17) is 11.5 Å². The maximum Gasteiger partial charge on any atom is 0.250 e. The molecule has 3 aliphatic heterocycles. The Morgan fingerprint density at radius 1 is 1.31 bits per heavy atom. The molecule has 1 aromatic rings. The van der Waals surface area contributed by atoms with Gasteiger partial charge >= 0.3 is 0 Å². The van der Waals surface area contributed by atoms with Crippen molar-refractivity contribution in [3.63, 3.8) is 0 Å². The third-order valence-electron chi connectivity index (χ3n) is 6.13. The molecule has 0 aliphatic carbocycles. The van der Waals surface area contributed by atoms with Crippen LogP contribution in [0.1, 0.15) is 29.6 Å². The minimum atomic E-state index is -0.776. The van der Waals surface area contributed by atoms with Crippen LogP contribution in [0.5, 0.6) is 0 Å². The molecule has 1 unspecified atom stereocenters. The zero-order valence-corrected chi connectivity index (χ0v) is 16.0. The first-order valence-corrected chi connectivity index (χ1v) is 9.84. The number of nitrogens with two attached hydrogens (primary N) is 2. The fourth-order valence-corrected chi connectivity index (χ4v) is 4.78. The van der Waals surface area contributed by atoms with Crippen LogP contribution < -0.4 is 16.4 Å². The van der Waals surface area contributed by atoms with Crippen molar-refractivity contribution in [3.05, 3.63) is 29.8 Å². The highest BCUT2D eigenvalue weighted by atomic mass is 16.2. The number of carbonyl (C=O) groups excluding carboxylic acids is 3. The lowest BCUT2D eigenvalue weighted by Crippen LogP contribution is -2.56. The summed E-state index contributed by atoms with van der Waals surface area (Å²) < 4.78 is 0.